The summed E-state index contributed by atoms with van der Waals surface area (Å²) < 4.78 is 17.0. The van der Waals surface area contributed by atoms with E-state index in [1.807, 2.05) is 0 Å². The number of unbranched alkanes of at least 4 members (excludes halogenated alkanes) is 52. The molecule has 1 atom stereocenters. The van der Waals surface area contributed by atoms with Gasteiger partial charge in [0.15, 0.2) is 6.10 Å². The van der Waals surface area contributed by atoms with Crippen molar-refractivity contribution in [1.29, 1.82) is 0 Å². The van der Waals surface area contributed by atoms with E-state index in [1.54, 1.807) is 0 Å². The fourth-order valence-electron chi connectivity index (χ4n) is 11.3. The fraction of sp³-hybridized carbons (Fsp3) is 0.882. The fourth-order valence-corrected chi connectivity index (χ4v) is 11.3. The number of esters is 3. The monoisotopic (exact) mass is 1150 g/mol. The predicted molar refractivity (Wildman–Crippen MR) is 358 cm³/mol. The van der Waals surface area contributed by atoms with Gasteiger partial charge < -0.3 is 14.2 Å². The van der Waals surface area contributed by atoms with Crippen molar-refractivity contribution in [3.05, 3.63) is 36.5 Å². The third kappa shape index (κ3) is 68.4. The zero-order chi connectivity index (χ0) is 59.2. The van der Waals surface area contributed by atoms with E-state index < -0.39 is 6.10 Å². The van der Waals surface area contributed by atoms with Crippen LogP contribution < -0.4 is 0 Å². The van der Waals surface area contributed by atoms with Crippen LogP contribution in [0.25, 0.3) is 0 Å². The summed E-state index contributed by atoms with van der Waals surface area (Å²) in [6.45, 7) is 6.70. The lowest BCUT2D eigenvalue weighted by Crippen LogP contribution is -2.30. The highest BCUT2D eigenvalue weighted by Crippen LogP contribution is 2.19. The number of ether oxygens (including phenoxy) is 3. The SMILES string of the molecule is CCCCCCC/C=C\C/C=C\C/C=C\CCCCCCCCC(=O)OC(COC(=O)CCCCCCCCCCCCCCC)COC(=O)CCCCCCCCCCCCCCCCCCCCCCCCCCCCCCCC. The molecule has 0 saturated carbocycles. The molecule has 6 nitrogen and oxygen atoms in total. The van der Waals surface area contributed by atoms with Gasteiger partial charge in [-0.2, -0.15) is 0 Å². The summed E-state index contributed by atoms with van der Waals surface area (Å²) in [6, 6.07) is 0. The number of hydrogen-bond acceptors (Lipinski definition) is 6. The molecule has 0 radical (unpaired) electrons. The summed E-state index contributed by atoms with van der Waals surface area (Å²) in [5.41, 5.74) is 0. The molecule has 0 spiro atoms. The molecular formula is C76H142O6. The number of rotatable bonds is 69. The molecule has 0 rings (SSSR count). The van der Waals surface area contributed by atoms with Gasteiger partial charge in [-0.3, -0.25) is 14.4 Å². The van der Waals surface area contributed by atoms with Crippen LogP contribution in [0.4, 0.5) is 0 Å². The maximum Gasteiger partial charge on any atom is 0.306 e. The van der Waals surface area contributed by atoms with Crippen LogP contribution in [0.3, 0.4) is 0 Å². The Morgan fingerprint density at radius 2 is 0.439 bits per heavy atom. The van der Waals surface area contributed by atoms with Gasteiger partial charge in [-0.05, 0) is 57.8 Å². The Bertz CT molecular complexity index is 1370. The second-order valence-corrected chi connectivity index (χ2v) is 25.2. The van der Waals surface area contributed by atoms with Gasteiger partial charge in [0.05, 0.1) is 0 Å². The summed E-state index contributed by atoms with van der Waals surface area (Å²) >= 11 is 0. The highest BCUT2D eigenvalue weighted by molar-refractivity contribution is 5.71. The van der Waals surface area contributed by atoms with Crippen molar-refractivity contribution in [2.75, 3.05) is 13.2 Å². The second-order valence-electron chi connectivity index (χ2n) is 25.2. The largest absolute Gasteiger partial charge is 0.462 e. The topological polar surface area (TPSA) is 78.9 Å². The molecule has 0 aliphatic heterocycles. The minimum Gasteiger partial charge on any atom is -0.462 e. The van der Waals surface area contributed by atoms with E-state index in [2.05, 4.69) is 57.2 Å². The molecular weight excluding hydrogens is 1010 g/mol. The van der Waals surface area contributed by atoms with E-state index in [0.29, 0.717) is 19.3 Å². The maximum atomic E-state index is 12.9. The Morgan fingerprint density at radius 3 is 0.683 bits per heavy atom. The summed E-state index contributed by atoms with van der Waals surface area (Å²) in [5.74, 6) is -0.854. The molecule has 0 amide bonds. The third-order valence-corrected chi connectivity index (χ3v) is 16.9. The Morgan fingerprint density at radius 1 is 0.244 bits per heavy atom. The molecule has 0 aromatic carbocycles. The molecule has 0 heterocycles. The lowest BCUT2D eigenvalue weighted by Gasteiger charge is -2.18. The van der Waals surface area contributed by atoms with Gasteiger partial charge in [-0.25, -0.2) is 0 Å². The lowest BCUT2D eigenvalue weighted by atomic mass is 10.0. The number of carbonyl (C=O) groups excluding carboxylic acids is 3. The van der Waals surface area contributed by atoms with Crippen molar-refractivity contribution in [3.8, 4) is 0 Å². The number of carbonyl (C=O) groups is 3. The summed E-state index contributed by atoms with van der Waals surface area (Å²) in [6.07, 6.45) is 89.1. The lowest BCUT2D eigenvalue weighted by molar-refractivity contribution is -0.167. The minimum atomic E-state index is -0.777. The molecule has 6 heteroatoms. The molecule has 0 aromatic heterocycles. The summed E-state index contributed by atoms with van der Waals surface area (Å²) in [4.78, 5) is 38.4. The van der Waals surface area contributed by atoms with Crippen LogP contribution in [0.5, 0.6) is 0 Å². The third-order valence-electron chi connectivity index (χ3n) is 16.9. The first-order valence-corrected chi connectivity index (χ1v) is 37.0. The van der Waals surface area contributed by atoms with Gasteiger partial charge in [0.1, 0.15) is 13.2 Å². The van der Waals surface area contributed by atoms with Gasteiger partial charge in [0.25, 0.3) is 0 Å². The summed E-state index contributed by atoms with van der Waals surface area (Å²) in [7, 11) is 0. The van der Waals surface area contributed by atoms with Gasteiger partial charge in [0, 0.05) is 19.3 Å². The summed E-state index contributed by atoms with van der Waals surface area (Å²) in [5, 5.41) is 0. The van der Waals surface area contributed by atoms with Crippen molar-refractivity contribution < 1.29 is 28.6 Å². The van der Waals surface area contributed by atoms with Crippen LogP contribution in [0.1, 0.15) is 412 Å². The zero-order valence-electron chi connectivity index (χ0n) is 55.5. The molecule has 0 N–H and O–H groups in total. The van der Waals surface area contributed by atoms with Crippen LogP contribution in [0, 0.1) is 0 Å². The number of hydrogen-bond donors (Lipinski definition) is 0. The minimum absolute atomic E-state index is 0.0719. The maximum absolute atomic E-state index is 12.9. The molecule has 0 fully saturated rings. The zero-order valence-corrected chi connectivity index (χ0v) is 55.5. The van der Waals surface area contributed by atoms with Crippen LogP contribution in [-0.4, -0.2) is 37.2 Å². The quantitative estimate of drug-likeness (QED) is 0.0261. The molecule has 0 aliphatic carbocycles. The first-order valence-electron chi connectivity index (χ1n) is 37.0. The highest BCUT2D eigenvalue weighted by atomic mass is 16.6. The first kappa shape index (κ1) is 79.6. The number of allylic oxidation sites excluding steroid dienone is 6. The molecule has 482 valence electrons. The van der Waals surface area contributed by atoms with Crippen molar-refractivity contribution in [3.63, 3.8) is 0 Å². The first-order chi connectivity index (χ1) is 40.5. The van der Waals surface area contributed by atoms with Crippen molar-refractivity contribution in [2.24, 2.45) is 0 Å². The van der Waals surface area contributed by atoms with E-state index >= 15 is 0 Å². The molecule has 82 heavy (non-hydrogen) atoms. The van der Waals surface area contributed by atoms with Crippen molar-refractivity contribution in [1.82, 2.24) is 0 Å². The van der Waals surface area contributed by atoms with E-state index in [0.717, 1.165) is 77.0 Å². The van der Waals surface area contributed by atoms with Crippen LogP contribution >= 0.6 is 0 Å². The van der Waals surface area contributed by atoms with Crippen molar-refractivity contribution >= 4 is 17.9 Å². The second kappa shape index (κ2) is 71.1. The predicted octanol–water partition coefficient (Wildman–Crippen LogP) is 25.5. The Balaban J connectivity index is 4.18. The van der Waals surface area contributed by atoms with E-state index in [4.69, 9.17) is 14.2 Å². The van der Waals surface area contributed by atoms with Gasteiger partial charge in [-0.15, -0.1) is 0 Å². The van der Waals surface area contributed by atoms with Crippen LogP contribution in [0.15, 0.2) is 36.5 Å². The van der Waals surface area contributed by atoms with Crippen molar-refractivity contribution in [2.45, 2.75) is 419 Å². The van der Waals surface area contributed by atoms with Crippen LogP contribution in [0.2, 0.25) is 0 Å². The Hall–Kier alpha value is -2.37. The molecule has 0 aromatic rings. The van der Waals surface area contributed by atoms with Gasteiger partial charge in [0.2, 0.25) is 0 Å². The van der Waals surface area contributed by atoms with Crippen LogP contribution in [-0.2, 0) is 28.6 Å². The van der Waals surface area contributed by atoms with E-state index in [9.17, 15) is 14.4 Å². The molecule has 0 bridgehead atoms. The molecule has 0 saturated heterocycles. The molecule has 1 unspecified atom stereocenters. The average molecular weight is 1150 g/mol. The van der Waals surface area contributed by atoms with E-state index in [-0.39, 0.29) is 31.1 Å². The van der Waals surface area contributed by atoms with E-state index in [1.165, 1.54) is 295 Å². The Kier molecular flexibility index (Phi) is 69.1. The van der Waals surface area contributed by atoms with Gasteiger partial charge >= 0.3 is 17.9 Å². The average Bonchev–Trinajstić information content (AvgIpc) is 3.47. The standard InChI is InChI=1S/C76H142O6/c1-4-7-10-13-16-19-22-25-27-29-31-33-34-35-36-37-38-39-40-41-43-44-46-48-51-54-57-60-63-66-69-75(78)81-72-73(71-80-74(77)68-65-62-59-56-53-50-24-21-18-15-12-9-6-3)82-76(79)70-67-64-61-58-55-52-49-47-45-42-32-30-28-26-23-20-17-14-11-8-5-2/h23,26,30,32,45,47,73H,4-22,24-25,27-29,31,33-44,46,48-72H2,1-3H3/b26-23-,32-30-,47-45-. The normalized spacial score (nSPS) is 12.2. The van der Waals surface area contributed by atoms with Gasteiger partial charge in [-0.1, -0.05) is 372 Å². The highest BCUT2D eigenvalue weighted by Gasteiger charge is 2.19. The smallest absolute Gasteiger partial charge is 0.306 e. The molecule has 0 aliphatic rings. The Labute approximate surface area is 512 Å².